The molecule has 2 aromatic heterocycles. The number of rotatable bonds is 6. The van der Waals surface area contributed by atoms with Crippen molar-refractivity contribution in [2.75, 3.05) is 24.6 Å². The molecule has 9 heteroatoms. The molecular weight excluding hydrogens is 483 g/mol. The van der Waals surface area contributed by atoms with Gasteiger partial charge in [0.05, 0.1) is 24.1 Å². The number of piperidine rings is 1. The Labute approximate surface area is 213 Å². The molecule has 6 nitrogen and oxygen atoms in total. The fourth-order valence-electron chi connectivity index (χ4n) is 5.78. The van der Waals surface area contributed by atoms with E-state index in [1.807, 2.05) is 6.07 Å². The van der Waals surface area contributed by atoms with E-state index in [-0.39, 0.29) is 10.8 Å². The first-order chi connectivity index (χ1) is 17.5. The van der Waals surface area contributed by atoms with Crippen LogP contribution in [0.1, 0.15) is 50.7 Å². The summed E-state index contributed by atoms with van der Waals surface area (Å²) in [6, 6.07) is 6.74. The molecule has 0 aliphatic carbocycles. The van der Waals surface area contributed by atoms with Gasteiger partial charge in [0.1, 0.15) is 5.75 Å². The first-order valence-corrected chi connectivity index (χ1v) is 12.8. The molecule has 0 saturated carbocycles. The van der Waals surface area contributed by atoms with Crippen LogP contribution in [-0.2, 0) is 18.4 Å². The van der Waals surface area contributed by atoms with Gasteiger partial charge in [0.2, 0.25) is 0 Å². The zero-order valence-electron chi connectivity index (χ0n) is 21.1. The molecular formula is C28H32F3N3O3. The highest BCUT2D eigenvalue weighted by Crippen LogP contribution is 2.47. The molecule has 2 aliphatic heterocycles. The van der Waals surface area contributed by atoms with Crippen LogP contribution in [-0.4, -0.2) is 46.1 Å². The maximum atomic E-state index is 14.6. The van der Waals surface area contributed by atoms with Crippen molar-refractivity contribution < 1.29 is 23.0 Å². The maximum Gasteiger partial charge on any atom is 0.418 e. The van der Waals surface area contributed by atoms with E-state index in [1.165, 1.54) is 41.7 Å². The second kappa shape index (κ2) is 9.35. The number of aromatic nitrogens is 2. The van der Waals surface area contributed by atoms with Gasteiger partial charge < -0.3 is 19.3 Å². The molecule has 0 radical (unpaired) electrons. The molecule has 2 aliphatic rings. The first-order valence-electron chi connectivity index (χ1n) is 12.8. The molecule has 1 aromatic carbocycles. The zero-order valence-corrected chi connectivity index (χ0v) is 21.1. The smallest absolute Gasteiger partial charge is 0.418 e. The molecule has 1 atom stereocenters. The number of hydrogen-bond donors (Lipinski definition) is 1. The third-order valence-corrected chi connectivity index (χ3v) is 7.69. The van der Waals surface area contributed by atoms with E-state index in [0.717, 1.165) is 37.2 Å². The van der Waals surface area contributed by atoms with Crippen LogP contribution in [0.25, 0.3) is 10.9 Å². The SMILES string of the molecule is CC(C)(CC(O)(Cn1ccc(=O)c2cnccc21)C(F)(F)F)c1cc(N2CCCCC2)cc2c1OCC2. The summed E-state index contributed by atoms with van der Waals surface area (Å²) >= 11 is 0. The molecule has 1 saturated heterocycles. The summed E-state index contributed by atoms with van der Waals surface area (Å²) in [5.41, 5.74) is -1.49. The Morgan fingerprint density at radius 2 is 1.86 bits per heavy atom. The number of aliphatic hydroxyl groups is 1. The predicted octanol–water partition coefficient (Wildman–Crippen LogP) is 4.98. The zero-order chi connectivity index (χ0) is 26.4. The third kappa shape index (κ3) is 4.81. The van der Waals surface area contributed by atoms with E-state index in [2.05, 4.69) is 16.0 Å². The van der Waals surface area contributed by atoms with Gasteiger partial charge in [-0.25, -0.2) is 0 Å². The minimum atomic E-state index is -4.92. The van der Waals surface area contributed by atoms with Gasteiger partial charge in [-0.3, -0.25) is 9.78 Å². The van der Waals surface area contributed by atoms with E-state index in [0.29, 0.717) is 29.9 Å². The van der Waals surface area contributed by atoms with Crippen LogP contribution in [0.3, 0.4) is 0 Å². The van der Waals surface area contributed by atoms with Crippen LogP contribution >= 0.6 is 0 Å². The van der Waals surface area contributed by atoms with Gasteiger partial charge in [-0.1, -0.05) is 13.8 Å². The maximum absolute atomic E-state index is 14.6. The molecule has 5 rings (SSSR count). The number of hydrogen-bond acceptors (Lipinski definition) is 5. The number of anilines is 1. The second-order valence-corrected chi connectivity index (χ2v) is 10.9. The average molecular weight is 516 g/mol. The van der Waals surface area contributed by atoms with Crippen molar-refractivity contribution in [3.8, 4) is 5.75 Å². The fraction of sp³-hybridized carbons (Fsp3) is 0.500. The van der Waals surface area contributed by atoms with E-state index < -0.39 is 30.2 Å². The highest BCUT2D eigenvalue weighted by molar-refractivity contribution is 5.77. The summed E-state index contributed by atoms with van der Waals surface area (Å²) in [5, 5.41) is 11.5. The lowest BCUT2D eigenvalue weighted by atomic mass is 9.73. The van der Waals surface area contributed by atoms with Crippen molar-refractivity contribution in [1.29, 1.82) is 0 Å². The van der Waals surface area contributed by atoms with Crippen molar-refractivity contribution in [3.63, 3.8) is 0 Å². The Morgan fingerprint density at radius 1 is 1.11 bits per heavy atom. The number of fused-ring (bicyclic) bond motifs is 2. The molecule has 1 unspecified atom stereocenters. The monoisotopic (exact) mass is 515 g/mol. The van der Waals surface area contributed by atoms with Gasteiger partial charge in [-0.15, -0.1) is 0 Å². The molecule has 37 heavy (non-hydrogen) atoms. The number of benzene rings is 1. The average Bonchev–Trinajstić information content (AvgIpc) is 3.33. The highest BCUT2D eigenvalue weighted by atomic mass is 19.4. The summed E-state index contributed by atoms with van der Waals surface area (Å²) in [6.07, 6.45) is 2.61. The number of ether oxygens (including phenoxy) is 1. The third-order valence-electron chi connectivity index (χ3n) is 7.69. The minimum absolute atomic E-state index is 0.203. The Morgan fingerprint density at radius 3 is 2.59 bits per heavy atom. The van der Waals surface area contributed by atoms with E-state index in [4.69, 9.17) is 4.74 Å². The van der Waals surface area contributed by atoms with Crippen LogP contribution in [0.2, 0.25) is 0 Å². The lowest BCUT2D eigenvalue weighted by molar-refractivity contribution is -0.271. The van der Waals surface area contributed by atoms with Crippen LogP contribution in [0, 0.1) is 0 Å². The molecule has 3 aromatic rings. The molecule has 1 fully saturated rings. The summed E-state index contributed by atoms with van der Waals surface area (Å²) in [5.74, 6) is 0.634. The van der Waals surface area contributed by atoms with Crippen molar-refractivity contribution in [1.82, 2.24) is 9.55 Å². The van der Waals surface area contributed by atoms with Crippen LogP contribution in [0.15, 0.2) is 47.7 Å². The van der Waals surface area contributed by atoms with Gasteiger partial charge in [0.15, 0.2) is 11.0 Å². The second-order valence-electron chi connectivity index (χ2n) is 10.9. The largest absolute Gasteiger partial charge is 0.493 e. The topological polar surface area (TPSA) is 67.6 Å². The van der Waals surface area contributed by atoms with Gasteiger partial charge in [0, 0.05) is 55.4 Å². The van der Waals surface area contributed by atoms with E-state index >= 15 is 0 Å². The van der Waals surface area contributed by atoms with Crippen molar-refractivity contribution >= 4 is 16.6 Å². The molecule has 0 bridgehead atoms. The minimum Gasteiger partial charge on any atom is -0.493 e. The number of nitrogens with zero attached hydrogens (tertiary/aromatic N) is 3. The quantitative estimate of drug-likeness (QED) is 0.502. The molecule has 1 N–H and O–H groups in total. The van der Waals surface area contributed by atoms with Crippen LogP contribution < -0.4 is 15.1 Å². The Hall–Kier alpha value is -3.07. The van der Waals surface area contributed by atoms with E-state index in [9.17, 15) is 23.1 Å². The van der Waals surface area contributed by atoms with Gasteiger partial charge in [-0.05, 0) is 54.9 Å². The number of pyridine rings is 2. The molecule has 4 heterocycles. The number of halogens is 3. The van der Waals surface area contributed by atoms with Gasteiger partial charge in [0.25, 0.3) is 0 Å². The van der Waals surface area contributed by atoms with Crippen molar-refractivity contribution in [2.45, 2.75) is 69.7 Å². The van der Waals surface area contributed by atoms with Gasteiger partial charge in [-0.2, -0.15) is 13.2 Å². The fourth-order valence-corrected chi connectivity index (χ4v) is 5.78. The Balaban J connectivity index is 1.54. The van der Waals surface area contributed by atoms with E-state index in [1.54, 1.807) is 13.8 Å². The standard InChI is InChI=1S/C28H32F3N3O3/c1-26(2,22-15-20(33-10-4-3-5-11-33)14-19-8-13-37-25(19)22)17-27(36,28(29,30)31)18-34-12-7-24(35)21-16-32-9-6-23(21)34/h6-7,9,12,14-16,36H,3-5,8,10-11,13,17-18H2,1-2H3. The van der Waals surface area contributed by atoms with Crippen LogP contribution in [0.4, 0.5) is 18.9 Å². The van der Waals surface area contributed by atoms with Crippen molar-refractivity contribution in [2.24, 2.45) is 0 Å². The molecule has 198 valence electrons. The lowest BCUT2D eigenvalue weighted by Gasteiger charge is -2.39. The summed E-state index contributed by atoms with van der Waals surface area (Å²) in [7, 11) is 0. The highest BCUT2D eigenvalue weighted by Gasteiger charge is 2.56. The normalized spacial score (nSPS) is 17.9. The Kier molecular flexibility index (Phi) is 6.46. The van der Waals surface area contributed by atoms with Crippen LogP contribution in [0.5, 0.6) is 5.75 Å². The Bertz CT molecular complexity index is 1360. The lowest BCUT2D eigenvalue weighted by Crippen LogP contribution is -2.52. The number of alkyl halides is 3. The van der Waals surface area contributed by atoms with Gasteiger partial charge >= 0.3 is 6.18 Å². The predicted molar refractivity (Wildman–Crippen MR) is 136 cm³/mol. The molecule has 0 amide bonds. The van der Waals surface area contributed by atoms with Crippen molar-refractivity contribution in [3.05, 3.63) is 64.2 Å². The summed E-state index contributed by atoms with van der Waals surface area (Å²) in [6.45, 7) is 5.03. The molecule has 0 spiro atoms. The first kappa shape index (κ1) is 25.6. The summed E-state index contributed by atoms with van der Waals surface area (Å²) < 4.78 is 51.0. The summed E-state index contributed by atoms with van der Waals surface area (Å²) in [4.78, 5) is 18.4.